The maximum absolute atomic E-state index is 13.1. The van der Waals surface area contributed by atoms with Crippen molar-refractivity contribution in [3.8, 4) is 11.5 Å². The molecule has 1 saturated heterocycles. The van der Waals surface area contributed by atoms with Crippen molar-refractivity contribution < 1.29 is 28.8 Å². The van der Waals surface area contributed by atoms with Crippen molar-refractivity contribution in [3.63, 3.8) is 0 Å². The van der Waals surface area contributed by atoms with Crippen LogP contribution in [0.3, 0.4) is 0 Å². The molecule has 2 aromatic rings. The smallest absolute Gasteiger partial charge is 0.335 e. The van der Waals surface area contributed by atoms with Crippen molar-refractivity contribution in [2.75, 3.05) is 19.1 Å². The van der Waals surface area contributed by atoms with Crippen LogP contribution in [0.2, 0.25) is 0 Å². The van der Waals surface area contributed by atoms with Crippen molar-refractivity contribution in [1.82, 2.24) is 5.32 Å². The van der Waals surface area contributed by atoms with Gasteiger partial charge in [-0.3, -0.25) is 25.0 Å². The van der Waals surface area contributed by atoms with E-state index in [-0.39, 0.29) is 22.7 Å². The first-order chi connectivity index (χ1) is 14.7. The van der Waals surface area contributed by atoms with Crippen LogP contribution in [0.4, 0.5) is 16.2 Å². The first kappa shape index (κ1) is 21.5. The minimum absolute atomic E-state index is 0.0594. The number of hydrogen-bond acceptors (Lipinski definition) is 7. The van der Waals surface area contributed by atoms with E-state index < -0.39 is 34.0 Å². The summed E-state index contributed by atoms with van der Waals surface area (Å²) in [5.41, 5.74) is 1.01. The fraction of sp³-hybridized carbons (Fsp3) is 0.190. The predicted octanol–water partition coefficient (Wildman–Crippen LogP) is 2.90. The molecule has 0 bridgehead atoms. The molecule has 0 atom stereocenters. The SMILES string of the molecule is COc1cc(/C=C2\C(=O)NC(=O)N(c3cc(C)cc(C)c3)C2=O)c([N+](=O)[O-])cc1OC. The van der Waals surface area contributed by atoms with Crippen LogP contribution in [0, 0.1) is 24.0 Å². The molecule has 0 spiro atoms. The first-order valence-electron chi connectivity index (χ1n) is 9.06. The van der Waals surface area contributed by atoms with Crippen LogP contribution in [0.5, 0.6) is 11.5 Å². The Kier molecular flexibility index (Phi) is 5.73. The lowest BCUT2D eigenvalue weighted by Gasteiger charge is -2.27. The predicted molar refractivity (Wildman–Crippen MR) is 111 cm³/mol. The van der Waals surface area contributed by atoms with E-state index in [4.69, 9.17) is 9.47 Å². The highest BCUT2D eigenvalue weighted by molar-refractivity contribution is 6.39. The van der Waals surface area contributed by atoms with Gasteiger partial charge in [0.15, 0.2) is 11.5 Å². The number of nitro groups is 1. The second-order valence-corrected chi connectivity index (χ2v) is 6.83. The molecule has 0 unspecified atom stereocenters. The Morgan fingerprint density at radius 1 is 0.968 bits per heavy atom. The van der Waals surface area contributed by atoms with Gasteiger partial charge >= 0.3 is 6.03 Å². The van der Waals surface area contributed by atoms with Gasteiger partial charge in [-0.1, -0.05) is 6.07 Å². The zero-order valence-corrected chi connectivity index (χ0v) is 17.2. The second kappa shape index (κ2) is 8.27. The van der Waals surface area contributed by atoms with Crippen molar-refractivity contribution in [2.45, 2.75) is 13.8 Å². The molecule has 0 saturated carbocycles. The molecular formula is C21H19N3O7. The molecule has 1 aliphatic heterocycles. The molecular weight excluding hydrogens is 406 g/mol. The van der Waals surface area contributed by atoms with Crippen LogP contribution >= 0.6 is 0 Å². The van der Waals surface area contributed by atoms with Gasteiger partial charge in [-0.2, -0.15) is 0 Å². The van der Waals surface area contributed by atoms with Crippen LogP contribution in [0.15, 0.2) is 35.9 Å². The maximum atomic E-state index is 13.1. The molecule has 2 aromatic carbocycles. The Bertz CT molecular complexity index is 1130. The monoisotopic (exact) mass is 425 g/mol. The number of imide groups is 2. The summed E-state index contributed by atoms with van der Waals surface area (Å²) < 4.78 is 10.2. The highest BCUT2D eigenvalue weighted by atomic mass is 16.6. The number of amides is 4. The average Bonchev–Trinajstić information content (AvgIpc) is 2.69. The summed E-state index contributed by atoms with van der Waals surface area (Å²) in [6.45, 7) is 3.61. The molecule has 10 heteroatoms. The molecule has 1 heterocycles. The number of urea groups is 1. The van der Waals surface area contributed by atoms with Crippen molar-refractivity contribution in [3.05, 3.63) is 62.7 Å². The standard InChI is InChI=1S/C21H19N3O7/c1-11-5-12(2)7-14(6-11)23-20(26)15(19(25)22-21(23)27)8-13-9-17(30-3)18(31-4)10-16(13)24(28)29/h5-10H,1-4H3,(H,22,25,27)/b15-8+. The van der Waals surface area contributed by atoms with Gasteiger partial charge in [0.25, 0.3) is 17.5 Å². The number of ether oxygens (including phenoxy) is 2. The van der Waals surface area contributed by atoms with Gasteiger partial charge in [0.2, 0.25) is 0 Å². The largest absolute Gasteiger partial charge is 0.493 e. The normalized spacial score (nSPS) is 15.2. The molecule has 0 aliphatic carbocycles. The number of nitro benzene ring substituents is 1. The number of nitrogens with one attached hydrogen (secondary N) is 1. The fourth-order valence-electron chi connectivity index (χ4n) is 3.28. The number of benzene rings is 2. The van der Waals surface area contributed by atoms with Crippen molar-refractivity contribution in [2.24, 2.45) is 0 Å². The van der Waals surface area contributed by atoms with Crippen molar-refractivity contribution in [1.29, 1.82) is 0 Å². The molecule has 3 rings (SSSR count). The minimum Gasteiger partial charge on any atom is -0.493 e. The molecule has 4 amide bonds. The Hall–Kier alpha value is -4.21. The third-order valence-electron chi connectivity index (χ3n) is 4.60. The van der Waals surface area contributed by atoms with E-state index in [1.807, 2.05) is 6.07 Å². The summed E-state index contributed by atoms with van der Waals surface area (Å²) in [5.74, 6) is -1.57. The van der Waals surface area contributed by atoms with Crippen LogP contribution in [-0.4, -0.2) is 37.0 Å². The molecule has 1 N–H and O–H groups in total. The summed E-state index contributed by atoms with van der Waals surface area (Å²) >= 11 is 0. The average molecular weight is 425 g/mol. The molecule has 1 fully saturated rings. The Morgan fingerprint density at radius 3 is 2.10 bits per heavy atom. The van der Waals surface area contributed by atoms with E-state index in [1.165, 1.54) is 20.3 Å². The highest BCUT2D eigenvalue weighted by Crippen LogP contribution is 2.36. The number of barbiturate groups is 1. The van der Waals surface area contributed by atoms with Crippen LogP contribution < -0.4 is 19.7 Å². The van der Waals surface area contributed by atoms with E-state index in [0.717, 1.165) is 28.2 Å². The van der Waals surface area contributed by atoms with Crippen LogP contribution in [0.1, 0.15) is 16.7 Å². The number of nitrogens with zero attached hydrogens (tertiary/aromatic N) is 2. The van der Waals surface area contributed by atoms with Crippen LogP contribution in [-0.2, 0) is 9.59 Å². The van der Waals surface area contributed by atoms with Gasteiger partial charge in [-0.25, -0.2) is 9.69 Å². The number of methoxy groups -OCH3 is 2. The Morgan fingerprint density at radius 2 is 1.55 bits per heavy atom. The van der Waals surface area contributed by atoms with E-state index in [0.29, 0.717) is 0 Å². The topological polar surface area (TPSA) is 128 Å². The minimum atomic E-state index is -0.959. The number of hydrogen-bond donors (Lipinski definition) is 1. The number of aryl methyl sites for hydroxylation is 2. The van der Waals surface area contributed by atoms with Crippen molar-refractivity contribution >= 4 is 35.3 Å². The summed E-state index contributed by atoms with van der Waals surface area (Å²) in [6.07, 6.45) is 1.06. The first-order valence-corrected chi connectivity index (χ1v) is 9.06. The fourth-order valence-corrected chi connectivity index (χ4v) is 3.28. The Labute approximate surface area is 177 Å². The number of anilines is 1. The maximum Gasteiger partial charge on any atom is 0.335 e. The van der Waals surface area contributed by atoms with E-state index in [9.17, 15) is 24.5 Å². The summed E-state index contributed by atoms with van der Waals surface area (Å²) in [5, 5.41) is 13.6. The van der Waals surface area contributed by atoms with Crippen LogP contribution in [0.25, 0.3) is 6.08 Å². The zero-order valence-electron chi connectivity index (χ0n) is 17.2. The van der Waals surface area contributed by atoms with Gasteiger partial charge in [0, 0.05) is 0 Å². The van der Waals surface area contributed by atoms with Gasteiger partial charge in [0.05, 0.1) is 36.5 Å². The second-order valence-electron chi connectivity index (χ2n) is 6.83. The Balaban J connectivity index is 2.15. The highest BCUT2D eigenvalue weighted by Gasteiger charge is 2.37. The molecule has 10 nitrogen and oxygen atoms in total. The van der Waals surface area contributed by atoms with Gasteiger partial charge in [-0.05, 0) is 49.2 Å². The molecule has 1 aliphatic rings. The van der Waals surface area contributed by atoms with Gasteiger partial charge in [-0.15, -0.1) is 0 Å². The number of carbonyl (C=O) groups excluding carboxylic acids is 3. The van der Waals surface area contributed by atoms with E-state index in [2.05, 4.69) is 5.32 Å². The third kappa shape index (κ3) is 4.08. The third-order valence-corrected chi connectivity index (χ3v) is 4.60. The van der Waals surface area contributed by atoms with E-state index in [1.54, 1.807) is 26.0 Å². The van der Waals surface area contributed by atoms with Gasteiger partial charge in [0.1, 0.15) is 5.57 Å². The lowest BCUT2D eigenvalue weighted by Crippen LogP contribution is -2.54. The zero-order chi connectivity index (χ0) is 22.9. The molecule has 31 heavy (non-hydrogen) atoms. The lowest BCUT2D eigenvalue weighted by molar-refractivity contribution is -0.385. The number of carbonyl (C=O) groups is 3. The summed E-state index contributed by atoms with van der Waals surface area (Å²) in [7, 11) is 2.67. The molecule has 160 valence electrons. The number of rotatable bonds is 5. The van der Waals surface area contributed by atoms with E-state index >= 15 is 0 Å². The molecule has 0 radical (unpaired) electrons. The quantitative estimate of drug-likeness (QED) is 0.338. The summed E-state index contributed by atoms with van der Waals surface area (Å²) in [6, 6.07) is 6.61. The van der Waals surface area contributed by atoms with Gasteiger partial charge < -0.3 is 9.47 Å². The summed E-state index contributed by atoms with van der Waals surface area (Å²) in [4.78, 5) is 49.6. The molecule has 0 aromatic heterocycles. The lowest BCUT2D eigenvalue weighted by atomic mass is 10.0.